The summed E-state index contributed by atoms with van der Waals surface area (Å²) in [5.41, 5.74) is 0. The van der Waals surface area contributed by atoms with Gasteiger partial charge in [0.2, 0.25) is 0 Å². The van der Waals surface area contributed by atoms with Crippen LogP contribution in [0, 0.1) is 5.92 Å². The van der Waals surface area contributed by atoms with Gasteiger partial charge in [0.15, 0.2) is 0 Å². The minimum Gasteiger partial charge on any atom is -0.336 e. The van der Waals surface area contributed by atoms with Gasteiger partial charge in [-0.3, -0.25) is 0 Å². The summed E-state index contributed by atoms with van der Waals surface area (Å²) >= 11 is 0. The maximum atomic E-state index is 4.07. The predicted molar refractivity (Wildman–Crippen MR) is 66.2 cm³/mol. The maximum Gasteiger partial charge on any atom is 0.0946 e. The molecule has 1 aromatic heterocycles. The molecule has 0 bridgehead atoms. The van der Waals surface area contributed by atoms with E-state index >= 15 is 0 Å². The summed E-state index contributed by atoms with van der Waals surface area (Å²) in [6.45, 7) is 5.65. The molecule has 2 rings (SSSR count). The molecule has 0 spiro atoms. The normalized spacial score (nSPS) is 27.9. The summed E-state index contributed by atoms with van der Waals surface area (Å²) in [4.78, 5) is 4.07. The molecular weight excluding hydrogens is 198 g/mol. The van der Waals surface area contributed by atoms with Crippen LogP contribution in [0.5, 0.6) is 0 Å². The predicted octanol–water partition coefficient (Wildman–Crippen LogP) is 2.44. The molecule has 3 atom stereocenters. The zero-order valence-electron chi connectivity index (χ0n) is 10.4. The Morgan fingerprint density at radius 1 is 1.50 bits per heavy atom. The molecule has 16 heavy (non-hydrogen) atoms. The Hall–Kier alpha value is -0.830. The van der Waals surface area contributed by atoms with E-state index in [4.69, 9.17) is 0 Å². The van der Waals surface area contributed by atoms with Gasteiger partial charge in [-0.2, -0.15) is 0 Å². The number of nitrogens with zero attached hydrogens (tertiary/aromatic N) is 2. The first-order chi connectivity index (χ1) is 7.74. The average molecular weight is 221 g/mol. The van der Waals surface area contributed by atoms with E-state index in [1.807, 2.05) is 18.7 Å². The van der Waals surface area contributed by atoms with Crippen LogP contribution in [0.3, 0.4) is 0 Å². The van der Waals surface area contributed by atoms with Crippen molar-refractivity contribution in [1.82, 2.24) is 14.9 Å². The lowest BCUT2D eigenvalue weighted by Gasteiger charge is -2.30. The van der Waals surface area contributed by atoms with Crippen molar-refractivity contribution >= 4 is 0 Å². The third-order valence-corrected chi connectivity index (χ3v) is 3.50. The first-order valence-corrected chi connectivity index (χ1v) is 6.46. The van der Waals surface area contributed by atoms with Gasteiger partial charge in [-0.05, 0) is 25.7 Å². The smallest absolute Gasteiger partial charge is 0.0946 e. The Kier molecular flexibility index (Phi) is 3.99. The largest absolute Gasteiger partial charge is 0.336 e. The highest BCUT2D eigenvalue weighted by atomic mass is 15.1. The van der Waals surface area contributed by atoms with Crippen LogP contribution in [-0.2, 0) is 6.54 Å². The fourth-order valence-corrected chi connectivity index (χ4v) is 2.75. The molecule has 1 fully saturated rings. The van der Waals surface area contributed by atoms with Crippen LogP contribution in [0.25, 0.3) is 0 Å². The Labute approximate surface area is 98.3 Å². The van der Waals surface area contributed by atoms with E-state index in [2.05, 4.69) is 28.7 Å². The molecule has 90 valence electrons. The third kappa shape index (κ3) is 3.34. The number of hydrogen-bond donors (Lipinski definition) is 1. The molecule has 0 radical (unpaired) electrons. The first kappa shape index (κ1) is 11.6. The fraction of sp³-hybridized carbons (Fsp3) is 0.769. The van der Waals surface area contributed by atoms with Crippen LogP contribution in [0.1, 0.15) is 39.5 Å². The monoisotopic (exact) mass is 221 g/mol. The van der Waals surface area contributed by atoms with Crippen molar-refractivity contribution < 1.29 is 0 Å². The second-order valence-corrected chi connectivity index (χ2v) is 5.30. The van der Waals surface area contributed by atoms with E-state index < -0.39 is 0 Å². The highest BCUT2D eigenvalue weighted by Crippen LogP contribution is 2.23. The van der Waals surface area contributed by atoms with Gasteiger partial charge in [-0.15, -0.1) is 0 Å². The van der Waals surface area contributed by atoms with Crippen LogP contribution in [0.2, 0.25) is 0 Å². The highest BCUT2D eigenvalue weighted by Gasteiger charge is 2.19. The second kappa shape index (κ2) is 5.48. The maximum absolute atomic E-state index is 4.07. The van der Waals surface area contributed by atoms with E-state index in [0.29, 0.717) is 6.04 Å². The molecule has 1 aromatic rings. The number of rotatable bonds is 4. The molecule has 1 N–H and O–H groups in total. The van der Waals surface area contributed by atoms with E-state index in [9.17, 15) is 0 Å². The van der Waals surface area contributed by atoms with Gasteiger partial charge in [0.1, 0.15) is 0 Å². The highest BCUT2D eigenvalue weighted by molar-refractivity contribution is 4.81. The minimum atomic E-state index is 0.532. The lowest BCUT2D eigenvalue weighted by molar-refractivity contribution is 0.276. The van der Waals surface area contributed by atoms with Crippen molar-refractivity contribution in [3.05, 3.63) is 18.7 Å². The van der Waals surface area contributed by atoms with Gasteiger partial charge >= 0.3 is 0 Å². The summed E-state index contributed by atoms with van der Waals surface area (Å²) in [5.74, 6) is 0.895. The Bertz CT molecular complexity index is 294. The summed E-state index contributed by atoms with van der Waals surface area (Å²) in [6, 6.07) is 1.26. The van der Waals surface area contributed by atoms with Gasteiger partial charge in [0.25, 0.3) is 0 Å². The molecule has 0 aliphatic heterocycles. The summed E-state index contributed by atoms with van der Waals surface area (Å²) < 4.78 is 2.14. The molecule has 0 aromatic carbocycles. The fourth-order valence-electron chi connectivity index (χ4n) is 2.75. The van der Waals surface area contributed by atoms with E-state index in [1.165, 1.54) is 25.7 Å². The van der Waals surface area contributed by atoms with E-state index in [1.54, 1.807) is 0 Å². The molecule has 1 saturated carbocycles. The second-order valence-electron chi connectivity index (χ2n) is 5.30. The molecule has 3 unspecified atom stereocenters. The Balaban J connectivity index is 1.76. The summed E-state index contributed by atoms with van der Waals surface area (Å²) in [5, 5.41) is 3.74. The number of imidazole rings is 1. The van der Waals surface area contributed by atoms with E-state index in [-0.39, 0.29) is 0 Å². The van der Waals surface area contributed by atoms with Gasteiger partial charge < -0.3 is 9.88 Å². The number of aromatic nitrogens is 2. The van der Waals surface area contributed by atoms with Crippen LogP contribution in [-0.4, -0.2) is 21.6 Å². The Morgan fingerprint density at radius 3 is 3.06 bits per heavy atom. The van der Waals surface area contributed by atoms with Gasteiger partial charge in [-0.25, -0.2) is 4.98 Å². The van der Waals surface area contributed by atoms with Crippen LogP contribution in [0.15, 0.2) is 18.7 Å². The standard InChI is InChI=1S/C13H23N3/c1-11-4-3-5-13(8-11)15-12(2)9-16-7-6-14-10-16/h6-7,10-13,15H,3-5,8-9H2,1-2H3. The zero-order chi connectivity index (χ0) is 11.4. The van der Waals surface area contributed by atoms with Crippen LogP contribution >= 0.6 is 0 Å². The van der Waals surface area contributed by atoms with Crippen molar-refractivity contribution in [2.24, 2.45) is 5.92 Å². The van der Waals surface area contributed by atoms with Gasteiger partial charge in [-0.1, -0.05) is 19.8 Å². The SMILES string of the molecule is CC1CCCC(NC(C)Cn2ccnc2)C1. The topological polar surface area (TPSA) is 29.9 Å². The van der Waals surface area contributed by atoms with Gasteiger partial charge in [0.05, 0.1) is 6.33 Å². The molecule has 1 aliphatic carbocycles. The van der Waals surface area contributed by atoms with Crippen molar-refractivity contribution in [3.8, 4) is 0 Å². The van der Waals surface area contributed by atoms with Gasteiger partial charge in [0, 0.05) is 31.0 Å². The summed E-state index contributed by atoms with van der Waals surface area (Å²) in [6.07, 6.45) is 11.2. The Morgan fingerprint density at radius 2 is 2.38 bits per heavy atom. The summed E-state index contributed by atoms with van der Waals surface area (Å²) in [7, 11) is 0. The van der Waals surface area contributed by atoms with Crippen molar-refractivity contribution in [2.45, 2.75) is 58.2 Å². The van der Waals surface area contributed by atoms with Crippen LogP contribution in [0.4, 0.5) is 0 Å². The average Bonchev–Trinajstić information content (AvgIpc) is 2.70. The molecular formula is C13H23N3. The molecule has 0 saturated heterocycles. The van der Waals surface area contributed by atoms with Crippen molar-refractivity contribution in [3.63, 3.8) is 0 Å². The molecule has 3 nitrogen and oxygen atoms in total. The lowest BCUT2D eigenvalue weighted by Crippen LogP contribution is -2.41. The number of nitrogens with one attached hydrogen (secondary N) is 1. The molecule has 1 heterocycles. The molecule has 0 amide bonds. The zero-order valence-corrected chi connectivity index (χ0v) is 10.4. The molecule has 3 heteroatoms. The number of hydrogen-bond acceptors (Lipinski definition) is 2. The third-order valence-electron chi connectivity index (χ3n) is 3.50. The van der Waals surface area contributed by atoms with Crippen molar-refractivity contribution in [1.29, 1.82) is 0 Å². The lowest BCUT2D eigenvalue weighted by atomic mass is 9.87. The van der Waals surface area contributed by atoms with E-state index in [0.717, 1.165) is 18.5 Å². The first-order valence-electron chi connectivity index (χ1n) is 6.46. The quantitative estimate of drug-likeness (QED) is 0.846. The minimum absolute atomic E-state index is 0.532. The van der Waals surface area contributed by atoms with Crippen LogP contribution < -0.4 is 5.32 Å². The van der Waals surface area contributed by atoms with Crippen molar-refractivity contribution in [2.75, 3.05) is 0 Å². The molecule has 1 aliphatic rings.